The summed E-state index contributed by atoms with van der Waals surface area (Å²) in [6, 6.07) is 14.2. The number of fused-ring (bicyclic) bond motifs is 1. The topological polar surface area (TPSA) is 49.0 Å². The van der Waals surface area contributed by atoms with E-state index >= 15 is 0 Å². The van der Waals surface area contributed by atoms with Crippen molar-refractivity contribution < 1.29 is 4.79 Å². The van der Waals surface area contributed by atoms with Gasteiger partial charge in [0.05, 0.1) is 6.42 Å². The third-order valence-electron chi connectivity index (χ3n) is 4.82. The SMILES string of the molecule is O=C(Cc1ccccc1)N1CC[C@H](Cc2cnc3[nH]ccc3c2)C1. The van der Waals surface area contributed by atoms with Crippen LogP contribution >= 0.6 is 0 Å². The molecule has 0 spiro atoms. The van der Waals surface area contributed by atoms with Crippen LogP contribution < -0.4 is 0 Å². The maximum absolute atomic E-state index is 12.5. The molecule has 0 unspecified atom stereocenters. The van der Waals surface area contributed by atoms with Crippen molar-refractivity contribution in [2.45, 2.75) is 19.3 Å². The molecule has 4 rings (SSSR count). The number of aromatic nitrogens is 2. The van der Waals surface area contributed by atoms with Crippen LogP contribution in [0.4, 0.5) is 0 Å². The summed E-state index contributed by atoms with van der Waals surface area (Å²) in [5.41, 5.74) is 3.28. The van der Waals surface area contributed by atoms with E-state index in [4.69, 9.17) is 0 Å². The standard InChI is InChI=1S/C20H21N3O/c24-19(12-15-4-2-1-3-5-15)23-9-7-16(14-23)10-17-11-18-6-8-21-20(18)22-13-17/h1-6,8,11,13,16H,7,9-10,12,14H2,(H,21,22)/t16-/m1/s1. The highest BCUT2D eigenvalue weighted by atomic mass is 16.2. The normalized spacial score (nSPS) is 17.5. The minimum absolute atomic E-state index is 0.239. The van der Waals surface area contributed by atoms with Crippen LogP contribution in [0.15, 0.2) is 54.9 Å². The van der Waals surface area contributed by atoms with Gasteiger partial charge in [-0.2, -0.15) is 0 Å². The van der Waals surface area contributed by atoms with E-state index in [0.717, 1.165) is 42.5 Å². The van der Waals surface area contributed by atoms with Gasteiger partial charge in [0, 0.05) is 30.9 Å². The van der Waals surface area contributed by atoms with Crippen LogP contribution in [0.25, 0.3) is 11.0 Å². The predicted molar refractivity (Wildman–Crippen MR) is 94.6 cm³/mol. The van der Waals surface area contributed by atoms with Crippen molar-refractivity contribution in [1.82, 2.24) is 14.9 Å². The number of nitrogens with zero attached hydrogens (tertiary/aromatic N) is 2. The molecule has 2 aromatic heterocycles. The zero-order valence-electron chi connectivity index (χ0n) is 13.6. The number of likely N-dealkylation sites (tertiary alicyclic amines) is 1. The molecule has 1 aliphatic rings. The number of nitrogens with one attached hydrogen (secondary N) is 1. The van der Waals surface area contributed by atoms with Gasteiger partial charge >= 0.3 is 0 Å². The first-order valence-electron chi connectivity index (χ1n) is 8.51. The fraction of sp³-hybridized carbons (Fsp3) is 0.300. The first kappa shape index (κ1) is 14.9. The van der Waals surface area contributed by atoms with Gasteiger partial charge < -0.3 is 9.88 Å². The molecule has 1 fully saturated rings. The number of benzene rings is 1. The minimum atomic E-state index is 0.239. The number of H-pyrrole nitrogens is 1. The van der Waals surface area contributed by atoms with E-state index in [1.807, 2.05) is 47.6 Å². The van der Waals surface area contributed by atoms with Gasteiger partial charge in [-0.3, -0.25) is 4.79 Å². The smallest absolute Gasteiger partial charge is 0.226 e. The van der Waals surface area contributed by atoms with Gasteiger partial charge in [-0.15, -0.1) is 0 Å². The number of pyridine rings is 1. The Morgan fingerprint density at radius 2 is 2.08 bits per heavy atom. The first-order chi connectivity index (χ1) is 11.8. The first-order valence-corrected chi connectivity index (χ1v) is 8.51. The molecule has 122 valence electrons. The molecule has 0 saturated carbocycles. The Morgan fingerprint density at radius 3 is 2.96 bits per heavy atom. The van der Waals surface area contributed by atoms with Gasteiger partial charge in [-0.05, 0) is 42.0 Å². The minimum Gasteiger partial charge on any atom is -0.346 e. The zero-order chi connectivity index (χ0) is 16.4. The Kier molecular flexibility index (Phi) is 4.03. The van der Waals surface area contributed by atoms with Gasteiger partial charge in [0.1, 0.15) is 5.65 Å². The van der Waals surface area contributed by atoms with Crippen LogP contribution in [-0.4, -0.2) is 33.9 Å². The molecule has 24 heavy (non-hydrogen) atoms. The van der Waals surface area contributed by atoms with Gasteiger partial charge in [0.25, 0.3) is 0 Å². The van der Waals surface area contributed by atoms with Crippen LogP contribution in [-0.2, 0) is 17.6 Å². The lowest BCUT2D eigenvalue weighted by Gasteiger charge is -2.16. The molecule has 1 atom stereocenters. The Labute approximate surface area is 141 Å². The maximum Gasteiger partial charge on any atom is 0.226 e. The summed E-state index contributed by atoms with van der Waals surface area (Å²) in [6.45, 7) is 1.73. The van der Waals surface area contributed by atoms with E-state index in [1.165, 1.54) is 5.56 Å². The molecular formula is C20H21N3O. The second-order valence-electron chi connectivity index (χ2n) is 6.62. The lowest BCUT2D eigenvalue weighted by Crippen LogP contribution is -2.30. The molecule has 4 nitrogen and oxygen atoms in total. The summed E-state index contributed by atoms with van der Waals surface area (Å²) >= 11 is 0. The number of amides is 1. The highest BCUT2D eigenvalue weighted by Crippen LogP contribution is 2.23. The largest absolute Gasteiger partial charge is 0.346 e. The van der Waals surface area contributed by atoms with Crippen LogP contribution in [0.1, 0.15) is 17.5 Å². The van der Waals surface area contributed by atoms with E-state index in [2.05, 4.69) is 22.1 Å². The lowest BCUT2D eigenvalue weighted by molar-refractivity contribution is -0.129. The zero-order valence-corrected chi connectivity index (χ0v) is 13.6. The number of carbonyl (C=O) groups excluding carboxylic acids is 1. The van der Waals surface area contributed by atoms with Crippen molar-refractivity contribution in [3.8, 4) is 0 Å². The third kappa shape index (κ3) is 3.18. The number of hydrogen-bond acceptors (Lipinski definition) is 2. The predicted octanol–water partition coefficient (Wildman–Crippen LogP) is 3.20. The summed E-state index contributed by atoms with van der Waals surface area (Å²) in [4.78, 5) is 22.1. The molecule has 4 heteroatoms. The van der Waals surface area contributed by atoms with Crippen molar-refractivity contribution in [3.63, 3.8) is 0 Å². The number of rotatable bonds is 4. The lowest BCUT2D eigenvalue weighted by atomic mass is 9.99. The highest BCUT2D eigenvalue weighted by Gasteiger charge is 2.26. The maximum atomic E-state index is 12.5. The molecule has 3 aromatic rings. The van der Waals surface area contributed by atoms with Crippen molar-refractivity contribution in [2.75, 3.05) is 13.1 Å². The van der Waals surface area contributed by atoms with Crippen LogP contribution in [0, 0.1) is 5.92 Å². The Hall–Kier alpha value is -2.62. The fourth-order valence-corrected chi connectivity index (χ4v) is 3.54. The summed E-state index contributed by atoms with van der Waals surface area (Å²) in [7, 11) is 0. The molecule has 1 amide bonds. The molecule has 1 aromatic carbocycles. The summed E-state index contributed by atoms with van der Waals surface area (Å²) in [6.07, 6.45) is 6.44. The van der Waals surface area contributed by atoms with Crippen LogP contribution in [0.2, 0.25) is 0 Å². The second kappa shape index (κ2) is 6.48. The van der Waals surface area contributed by atoms with Crippen molar-refractivity contribution in [3.05, 3.63) is 66.0 Å². The number of aromatic amines is 1. The molecule has 1 aliphatic heterocycles. The van der Waals surface area contributed by atoms with Crippen molar-refractivity contribution >= 4 is 16.9 Å². The summed E-state index contributed by atoms with van der Waals surface area (Å²) < 4.78 is 0. The Balaban J connectivity index is 1.36. The van der Waals surface area contributed by atoms with E-state index in [-0.39, 0.29) is 5.91 Å². The van der Waals surface area contributed by atoms with E-state index in [0.29, 0.717) is 12.3 Å². The fourth-order valence-electron chi connectivity index (χ4n) is 3.54. The van der Waals surface area contributed by atoms with Crippen LogP contribution in [0.3, 0.4) is 0 Å². The summed E-state index contributed by atoms with van der Waals surface area (Å²) in [5, 5.41) is 1.16. The molecule has 0 aliphatic carbocycles. The van der Waals surface area contributed by atoms with E-state index in [1.54, 1.807) is 0 Å². The average Bonchev–Trinajstić information content (AvgIpc) is 3.24. The van der Waals surface area contributed by atoms with Crippen molar-refractivity contribution in [2.24, 2.45) is 5.92 Å². The number of carbonyl (C=O) groups is 1. The van der Waals surface area contributed by atoms with E-state index in [9.17, 15) is 4.79 Å². The Morgan fingerprint density at radius 1 is 1.21 bits per heavy atom. The molecule has 1 saturated heterocycles. The quantitative estimate of drug-likeness (QED) is 0.803. The van der Waals surface area contributed by atoms with E-state index < -0.39 is 0 Å². The Bertz CT molecular complexity index is 840. The monoisotopic (exact) mass is 319 g/mol. The summed E-state index contributed by atoms with van der Waals surface area (Å²) in [5.74, 6) is 0.769. The third-order valence-corrected chi connectivity index (χ3v) is 4.82. The molecule has 0 bridgehead atoms. The molecular weight excluding hydrogens is 298 g/mol. The van der Waals surface area contributed by atoms with Crippen molar-refractivity contribution in [1.29, 1.82) is 0 Å². The molecule has 1 N–H and O–H groups in total. The number of hydrogen-bond donors (Lipinski definition) is 1. The van der Waals surface area contributed by atoms with Gasteiger partial charge in [0.15, 0.2) is 0 Å². The van der Waals surface area contributed by atoms with Gasteiger partial charge in [-0.1, -0.05) is 30.3 Å². The molecule has 3 heterocycles. The second-order valence-corrected chi connectivity index (χ2v) is 6.62. The van der Waals surface area contributed by atoms with Gasteiger partial charge in [-0.25, -0.2) is 4.98 Å². The molecule has 0 radical (unpaired) electrons. The average molecular weight is 319 g/mol. The van der Waals surface area contributed by atoms with Gasteiger partial charge in [0.2, 0.25) is 5.91 Å². The highest BCUT2D eigenvalue weighted by molar-refractivity contribution is 5.79. The van der Waals surface area contributed by atoms with Crippen LogP contribution in [0.5, 0.6) is 0 Å².